The largest absolute Gasteiger partial charge is 0.329 e. The predicted octanol–water partition coefficient (Wildman–Crippen LogP) is 3.30. The monoisotopic (exact) mass is 368 g/mol. The van der Waals surface area contributed by atoms with E-state index in [4.69, 9.17) is 0 Å². The van der Waals surface area contributed by atoms with Crippen molar-refractivity contribution in [3.63, 3.8) is 0 Å². The SMILES string of the molecule is Cc1nnc2n1[C@H](Cc1ccccc1)CN(C(=O)c1cccc(F)c1F)C2. The van der Waals surface area contributed by atoms with Gasteiger partial charge in [-0.15, -0.1) is 10.2 Å². The molecule has 0 unspecified atom stereocenters. The van der Waals surface area contributed by atoms with E-state index in [0.29, 0.717) is 18.8 Å². The van der Waals surface area contributed by atoms with Crippen molar-refractivity contribution < 1.29 is 13.6 Å². The molecule has 2 aromatic carbocycles. The molecule has 1 aliphatic heterocycles. The molecule has 0 aliphatic carbocycles. The second-order valence-corrected chi connectivity index (χ2v) is 6.66. The van der Waals surface area contributed by atoms with Crippen LogP contribution in [-0.4, -0.2) is 32.1 Å². The molecule has 0 saturated heterocycles. The number of rotatable bonds is 3. The zero-order valence-electron chi connectivity index (χ0n) is 14.8. The van der Waals surface area contributed by atoms with E-state index in [1.165, 1.54) is 17.0 Å². The summed E-state index contributed by atoms with van der Waals surface area (Å²) in [7, 11) is 0. The molecule has 0 N–H and O–H groups in total. The Labute approximate surface area is 155 Å². The number of aryl methyl sites for hydroxylation is 1. The first-order chi connectivity index (χ1) is 13.0. The van der Waals surface area contributed by atoms with Gasteiger partial charge in [0.2, 0.25) is 0 Å². The smallest absolute Gasteiger partial charge is 0.257 e. The summed E-state index contributed by atoms with van der Waals surface area (Å²) < 4.78 is 29.7. The van der Waals surface area contributed by atoms with Gasteiger partial charge in [0.25, 0.3) is 5.91 Å². The summed E-state index contributed by atoms with van der Waals surface area (Å²) in [6, 6.07) is 13.5. The Morgan fingerprint density at radius 2 is 1.89 bits per heavy atom. The van der Waals surface area contributed by atoms with Crippen LogP contribution in [0.1, 0.15) is 33.6 Å². The van der Waals surface area contributed by atoms with Gasteiger partial charge in [-0.2, -0.15) is 0 Å². The van der Waals surface area contributed by atoms with Crippen molar-refractivity contribution in [3.8, 4) is 0 Å². The molecule has 4 rings (SSSR count). The molecule has 0 spiro atoms. The highest BCUT2D eigenvalue weighted by Crippen LogP contribution is 2.27. The maximum Gasteiger partial charge on any atom is 0.257 e. The number of benzene rings is 2. The van der Waals surface area contributed by atoms with Gasteiger partial charge >= 0.3 is 0 Å². The maximum absolute atomic E-state index is 14.1. The third-order valence-electron chi connectivity index (χ3n) is 4.85. The summed E-state index contributed by atoms with van der Waals surface area (Å²) in [6.45, 7) is 2.45. The average molecular weight is 368 g/mol. The molecule has 5 nitrogen and oxygen atoms in total. The summed E-state index contributed by atoms with van der Waals surface area (Å²) in [6.07, 6.45) is 0.683. The molecule has 138 valence electrons. The van der Waals surface area contributed by atoms with E-state index < -0.39 is 17.5 Å². The third-order valence-corrected chi connectivity index (χ3v) is 4.85. The van der Waals surface area contributed by atoms with Crippen LogP contribution in [0.15, 0.2) is 48.5 Å². The average Bonchev–Trinajstić information content (AvgIpc) is 3.05. The van der Waals surface area contributed by atoms with E-state index >= 15 is 0 Å². The van der Waals surface area contributed by atoms with Crippen LogP contribution in [0, 0.1) is 18.6 Å². The summed E-state index contributed by atoms with van der Waals surface area (Å²) >= 11 is 0. The second kappa shape index (κ2) is 6.90. The van der Waals surface area contributed by atoms with Crippen LogP contribution in [0.5, 0.6) is 0 Å². The van der Waals surface area contributed by atoms with Crippen molar-refractivity contribution in [3.05, 3.63) is 82.9 Å². The number of carbonyl (C=O) groups excluding carboxylic acids is 1. The van der Waals surface area contributed by atoms with Gasteiger partial charge in [-0.05, 0) is 31.0 Å². The van der Waals surface area contributed by atoms with Gasteiger partial charge in [-0.3, -0.25) is 4.79 Å². The van der Waals surface area contributed by atoms with Crippen LogP contribution < -0.4 is 0 Å². The van der Waals surface area contributed by atoms with Gasteiger partial charge in [0.1, 0.15) is 5.82 Å². The second-order valence-electron chi connectivity index (χ2n) is 6.66. The number of hydrogen-bond donors (Lipinski definition) is 0. The first-order valence-electron chi connectivity index (χ1n) is 8.72. The number of amides is 1. The minimum atomic E-state index is -1.12. The molecule has 27 heavy (non-hydrogen) atoms. The van der Waals surface area contributed by atoms with Gasteiger partial charge in [0.15, 0.2) is 17.5 Å². The van der Waals surface area contributed by atoms with E-state index in [2.05, 4.69) is 10.2 Å². The number of hydrogen-bond acceptors (Lipinski definition) is 3. The van der Waals surface area contributed by atoms with E-state index in [0.717, 1.165) is 17.5 Å². The molecule has 1 aromatic heterocycles. The van der Waals surface area contributed by atoms with E-state index in [1.807, 2.05) is 41.8 Å². The van der Waals surface area contributed by atoms with Crippen molar-refractivity contribution in [2.24, 2.45) is 0 Å². The zero-order chi connectivity index (χ0) is 19.0. The van der Waals surface area contributed by atoms with E-state index in [-0.39, 0.29) is 18.2 Å². The number of halogens is 2. The molecular formula is C20H18F2N4O. The Bertz CT molecular complexity index is 987. The molecule has 7 heteroatoms. The Kier molecular flexibility index (Phi) is 4.43. The highest BCUT2D eigenvalue weighted by atomic mass is 19.2. The fourth-order valence-corrected chi connectivity index (χ4v) is 3.60. The lowest BCUT2D eigenvalue weighted by Crippen LogP contribution is -2.42. The summed E-state index contributed by atoms with van der Waals surface area (Å²) in [5.74, 6) is -1.28. The van der Waals surface area contributed by atoms with Crippen molar-refractivity contribution in [2.45, 2.75) is 25.9 Å². The molecule has 1 aliphatic rings. The molecule has 3 aromatic rings. The minimum absolute atomic E-state index is 0.0771. The highest BCUT2D eigenvalue weighted by Gasteiger charge is 2.32. The van der Waals surface area contributed by atoms with Gasteiger partial charge in [0, 0.05) is 6.54 Å². The molecule has 0 radical (unpaired) electrons. The maximum atomic E-state index is 14.1. The van der Waals surface area contributed by atoms with Gasteiger partial charge in [0.05, 0.1) is 18.2 Å². The van der Waals surface area contributed by atoms with Crippen molar-refractivity contribution in [1.82, 2.24) is 19.7 Å². The van der Waals surface area contributed by atoms with Crippen molar-refractivity contribution >= 4 is 5.91 Å². The summed E-state index contributed by atoms with van der Waals surface area (Å²) in [4.78, 5) is 14.4. The Morgan fingerprint density at radius 3 is 2.67 bits per heavy atom. The van der Waals surface area contributed by atoms with Crippen LogP contribution in [0.3, 0.4) is 0 Å². The Morgan fingerprint density at radius 1 is 1.11 bits per heavy atom. The number of fused-ring (bicyclic) bond motifs is 1. The Hall–Kier alpha value is -3.09. The zero-order valence-corrected chi connectivity index (χ0v) is 14.8. The number of aromatic nitrogens is 3. The fraction of sp³-hybridized carbons (Fsp3) is 0.250. The van der Waals surface area contributed by atoms with Crippen molar-refractivity contribution in [1.29, 1.82) is 0 Å². The van der Waals surface area contributed by atoms with Gasteiger partial charge in [-0.25, -0.2) is 8.78 Å². The molecule has 2 heterocycles. The summed E-state index contributed by atoms with van der Waals surface area (Å²) in [5.41, 5.74) is 0.853. The normalized spacial score (nSPS) is 16.3. The van der Waals surface area contributed by atoms with Gasteiger partial charge < -0.3 is 9.47 Å². The Balaban J connectivity index is 1.66. The molecule has 0 fully saturated rings. The quantitative estimate of drug-likeness (QED) is 0.713. The van der Waals surface area contributed by atoms with Crippen LogP contribution in [0.25, 0.3) is 0 Å². The lowest BCUT2D eigenvalue weighted by Gasteiger charge is -2.34. The number of nitrogens with zero attached hydrogens (tertiary/aromatic N) is 4. The molecule has 1 amide bonds. The lowest BCUT2D eigenvalue weighted by atomic mass is 10.0. The van der Waals surface area contributed by atoms with Gasteiger partial charge in [-0.1, -0.05) is 36.4 Å². The molecular weight excluding hydrogens is 350 g/mol. The van der Waals surface area contributed by atoms with Crippen LogP contribution in [0.2, 0.25) is 0 Å². The lowest BCUT2D eigenvalue weighted by molar-refractivity contribution is 0.0666. The first kappa shape index (κ1) is 17.3. The topological polar surface area (TPSA) is 51.0 Å². The van der Waals surface area contributed by atoms with Crippen LogP contribution in [0.4, 0.5) is 8.78 Å². The molecule has 1 atom stereocenters. The highest BCUT2D eigenvalue weighted by molar-refractivity contribution is 5.94. The molecule has 0 saturated carbocycles. The first-order valence-corrected chi connectivity index (χ1v) is 8.72. The minimum Gasteiger partial charge on any atom is -0.329 e. The van der Waals surface area contributed by atoms with Crippen molar-refractivity contribution in [2.75, 3.05) is 6.54 Å². The van der Waals surface area contributed by atoms with Crippen LogP contribution in [-0.2, 0) is 13.0 Å². The van der Waals surface area contributed by atoms with E-state index in [9.17, 15) is 13.6 Å². The number of carbonyl (C=O) groups is 1. The van der Waals surface area contributed by atoms with E-state index in [1.54, 1.807) is 0 Å². The standard InChI is InChI=1S/C20H18F2N4O/c1-13-23-24-18-12-25(20(27)16-8-5-9-17(21)19(16)22)11-15(26(13)18)10-14-6-3-2-4-7-14/h2-9,15H,10-12H2,1H3/t15-/m1/s1. The molecule has 0 bridgehead atoms. The predicted molar refractivity (Wildman–Crippen MR) is 95.0 cm³/mol. The summed E-state index contributed by atoms with van der Waals surface area (Å²) in [5, 5.41) is 8.29. The third kappa shape index (κ3) is 3.20. The fourth-order valence-electron chi connectivity index (χ4n) is 3.60. The van der Waals surface area contributed by atoms with Crippen LogP contribution >= 0.6 is 0 Å².